The molecule has 0 unspecified atom stereocenters. The summed E-state index contributed by atoms with van der Waals surface area (Å²) in [7, 11) is -3.33. The molecule has 0 aliphatic rings. The number of hydrogen-bond donors (Lipinski definition) is 3. The number of nitrogens with one attached hydrogen (secondary N) is 2. The molecule has 21 heavy (non-hydrogen) atoms. The van der Waals surface area contributed by atoms with Crippen molar-refractivity contribution >= 4 is 33.0 Å². The Balaban J connectivity index is 2.10. The molecule has 0 fully saturated rings. The summed E-state index contributed by atoms with van der Waals surface area (Å²) in [5, 5.41) is 2.63. The van der Waals surface area contributed by atoms with Crippen molar-refractivity contribution in [1.82, 2.24) is 4.98 Å². The molecule has 1 amide bonds. The average Bonchev–Trinajstić information content (AvgIpc) is 2.40. The molecule has 1 heterocycles. The largest absolute Gasteiger partial charge is 0.397 e. The minimum Gasteiger partial charge on any atom is -0.397 e. The van der Waals surface area contributed by atoms with E-state index in [-0.39, 0.29) is 11.4 Å². The van der Waals surface area contributed by atoms with Crippen molar-refractivity contribution in [1.29, 1.82) is 0 Å². The molecule has 2 rings (SSSR count). The van der Waals surface area contributed by atoms with Crippen LogP contribution < -0.4 is 15.8 Å². The summed E-state index contributed by atoms with van der Waals surface area (Å²) < 4.78 is 24.5. The van der Waals surface area contributed by atoms with Gasteiger partial charge in [0.25, 0.3) is 5.91 Å². The van der Waals surface area contributed by atoms with Crippen LogP contribution in [-0.4, -0.2) is 25.6 Å². The predicted octanol–water partition coefficient (Wildman–Crippen LogP) is 1.29. The Morgan fingerprint density at radius 1 is 1.14 bits per heavy atom. The Kier molecular flexibility index (Phi) is 4.08. The number of aromatic nitrogens is 1. The first kappa shape index (κ1) is 14.8. The van der Waals surface area contributed by atoms with E-state index < -0.39 is 15.9 Å². The van der Waals surface area contributed by atoms with Crippen LogP contribution in [0.15, 0.2) is 42.6 Å². The van der Waals surface area contributed by atoms with Gasteiger partial charge in [0.15, 0.2) is 5.69 Å². The molecule has 7 nitrogen and oxygen atoms in total. The number of nitrogens with zero attached hydrogens (tertiary/aromatic N) is 1. The molecule has 0 saturated heterocycles. The van der Waals surface area contributed by atoms with Crippen LogP contribution in [0.3, 0.4) is 0 Å². The standard InChI is InChI=1S/C13H14N4O3S/c1-21(19,20)17-10-6-4-9(5-7-10)16-13(18)12-11(14)3-2-8-15-12/h2-8,17H,14H2,1H3,(H,16,18). The number of pyridine rings is 1. The lowest BCUT2D eigenvalue weighted by Gasteiger charge is -2.08. The van der Waals surface area contributed by atoms with Crippen LogP contribution in [0.4, 0.5) is 17.1 Å². The first-order valence-corrected chi connectivity index (χ1v) is 7.84. The highest BCUT2D eigenvalue weighted by Crippen LogP contribution is 2.16. The maximum Gasteiger partial charge on any atom is 0.276 e. The summed E-state index contributed by atoms with van der Waals surface area (Å²) in [6.45, 7) is 0. The number of amides is 1. The Morgan fingerprint density at radius 2 is 1.76 bits per heavy atom. The number of nitrogens with two attached hydrogens (primary N) is 1. The van der Waals surface area contributed by atoms with E-state index in [2.05, 4.69) is 15.0 Å². The normalized spacial score (nSPS) is 10.9. The van der Waals surface area contributed by atoms with Gasteiger partial charge in [-0.3, -0.25) is 9.52 Å². The van der Waals surface area contributed by atoms with Crippen molar-refractivity contribution in [2.24, 2.45) is 0 Å². The van der Waals surface area contributed by atoms with Gasteiger partial charge in [0.05, 0.1) is 11.9 Å². The maximum atomic E-state index is 12.0. The fourth-order valence-electron chi connectivity index (χ4n) is 1.63. The number of nitrogen functional groups attached to an aromatic ring is 1. The summed E-state index contributed by atoms with van der Waals surface area (Å²) in [6.07, 6.45) is 2.54. The van der Waals surface area contributed by atoms with Crippen molar-refractivity contribution in [2.75, 3.05) is 22.0 Å². The summed E-state index contributed by atoms with van der Waals surface area (Å²) in [6, 6.07) is 9.45. The fraction of sp³-hybridized carbons (Fsp3) is 0.0769. The molecule has 110 valence electrons. The number of rotatable bonds is 4. The SMILES string of the molecule is CS(=O)(=O)Nc1ccc(NC(=O)c2ncccc2N)cc1. The van der Waals surface area contributed by atoms with E-state index in [0.29, 0.717) is 11.4 Å². The van der Waals surface area contributed by atoms with E-state index in [1.54, 1.807) is 36.4 Å². The van der Waals surface area contributed by atoms with Crippen molar-refractivity contribution < 1.29 is 13.2 Å². The molecule has 0 aliphatic heterocycles. The molecule has 0 saturated carbocycles. The monoisotopic (exact) mass is 306 g/mol. The van der Waals surface area contributed by atoms with Gasteiger partial charge in [-0.15, -0.1) is 0 Å². The van der Waals surface area contributed by atoms with E-state index in [1.165, 1.54) is 6.20 Å². The zero-order valence-electron chi connectivity index (χ0n) is 11.2. The Bertz CT molecular complexity index is 757. The molecule has 0 atom stereocenters. The quantitative estimate of drug-likeness (QED) is 0.787. The third-order valence-electron chi connectivity index (χ3n) is 2.50. The summed E-state index contributed by atoms with van der Waals surface area (Å²) >= 11 is 0. The summed E-state index contributed by atoms with van der Waals surface area (Å²) in [4.78, 5) is 15.9. The average molecular weight is 306 g/mol. The molecule has 1 aromatic heterocycles. The highest BCUT2D eigenvalue weighted by Gasteiger charge is 2.11. The maximum absolute atomic E-state index is 12.0. The van der Waals surface area contributed by atoms with Gasteiger partial charge in [0.2, 0.25) is 10.0 Å². The van der Waals surface area contributed by atoms with Crippen LogP contribution in [0.25, 0.3) is 0 Å². The smallest absolute Gasteiger partial charge is 0.276 e. The molecule has 4 N–H and O–H groups in total. The van der Waals surface area contributed by atoms with Crippen molar-refractivity contribution in [3.63, 3.8) is 0 Å². The van der Waals surface area contributed by atoms with Gasteiger partial charge in [-0.05, 0) is 36.4 Å². The van der Waals surface area contributed by atoms with Crippen LogP contribution >= 0.6 is 0 Å². The number of sulfonamides is 1. The predicted molar refractivity (Wildman–Crippen MR) is 81.5 cm³/mol. The summed E-state index contributed by atoms with van der Waals surface area (Å²) in [5.41, 5.74) is 7.00. The zero-order chi connectivity index (χ0) is 15.5. The first-order chi connectivity index (χ1) is 9.85. The van der Waals surface area contributed by atoms with Gasteiger partial charge in [-0.25, -0.2) is 13.4 Å². The minimum absolute atomic E-state index is 0.135. The summed E-state index contributed by atoms with van der Waals surface area (Å²) in [5.74, 6) is -0.433. The van der Waals surface area contributed by atoms with E-state index in [0.717, 1.165) is 6.26 Å². The van der Waals surface area contributed by atoms with Crippen LogP contribution in [0.2, 0.25) is 0 Å². The van der Waals surface area contributed by atoms with Crippen molar-refractivity contribution in [3.8, 4) is 0 Å². The number of anilines is 3. The lowest BCUT2D eigenvalue weighted by Crippen LogP contribution is -2.15. The third kappa shape index (κ3) is 4.18. The Labute approximate surface area is 122 Å². The molecule has 0 spiro atoms. The highest BCUT2D eigenvalue weighted by atomic mass is 32.2. The van der Waals surface area contributed by atoms with Gasteiger partial charge < -0.3 is 11.1 Å². The molecular formula is C13H14N4O3S. The Morgan fingerprint density at radius 3 is 2.33 bits per heavy atom. The second-order valence-electron chi connectivity index (χ2n) is 4.35. The number of hydrogen-bond acceptors (Lipinski definition) is 5. The fourth-order valence-corrected chi connectivity index (χ4v) is 2.20. The molecule has 0 aliphatic carbocycles. The molecule has 0 bridgehead atoms. The van der Waals surface area contributed by atoms with Gasteiger partial charge >= 0.3 is 0 Å². The van der Waals surface area contributed by atoms with E-state index in [9.17, 15) is 13.2 Å². The van der Waals surface area contributed by atoms with Crippen LogP contribution in [0.5, 0.6) is 0 Å². The minimum atomic E-state index is -3.33. The van der Waals surface area contributed by atoms with Crippen LogP contribution in [0, 0.1) is 0 Å². The highest BCUT2D eigenvalue weighted by molar-refractivity contribution is 7.92. The molecule has 0 radical (unpaired) electrons. The lowest BCUT2D eigenvalue weighted by molar-refractivity contribution is 0.102. The van der Waals surface area contributed by atoms with Gasteiger partial charge in [0.1, 0.15) is 0 Å². The second kappa shape index (κ2) is 5.80. The van der Waals surface area contributed by atoms with Crippen molar-refractivity contribution in [3.05, 3.63) is 48.3 Å². The molecule has 1 aromatic carbocycles. The topological polar surface area (TPSA) is 114 Å². The zero-order valence-corrected chi connectivity index (χ0v) is 12.0. The van der Waals surface area contributed by atoms with Crippen molar-refractivity contribution in [2.45, 2.75) is 0 Å². The first-order valence-electron chi connectivity index (χ1n) is 5.95. The van der Waals surface area contributed by atoms with Gasteiger partial charge in [0, 0.05) is 17.6 Å². The van der Waals surface area contributed by atoms with Gasteiger partial charge in [-0.2, -0.15) is 0 Å². The van der Waals surface area contributed by atoms with E-state index >= 15 is 0 Å². The second-order valence-corrected chi connectivity index (χ2v) is 6.10. The molecular weight excluding hydrogens is 292 g/mol. The number of carbonyl (C=O) groups excluding carboxylic acids is 1. The third-order valence-corrected chi connectivity index (χ3v) is 3.11. The van der Waals surface area contributed by atoms with Crippen LogP contribution in [0.1, 0.15) is 10.5 Å². The van der Waals surface area contributed by atoms with E-state index in [4.69, 9.17) is 5.73 Å². The van der Waals surface area contributed by atoms with Gasteiger partial charge in [-0.1, -0.05) is 0 Å². The number of carbonyl (C=O) groups is 1. The number of benzene rings is 1. The van der Waals surface area contributed by atoms with Crippen LogP contribution in [-0.2, 0) is 10.0 Å². The van der Waals surface area contributed by atoms with E-state index in [1.807, 2.05) is 0 Å². The molecule has 2 aromatic rings. The lowest BCUT2D eigenvalue weighted by atomic mass is 10.2. The Hall–Kier alpha value is -2.61. The molecule has 8 heteroatoms.